The molecule has 5 heteroatoms. The van der Waals surface area contributed by atoms with Gasteiger partial charge in [0.05, 0.1) is 29.2 Å². The van der Waals surface area contributed by atoms with E-state index in [1.54, 1.807) is 12.1 Å². The van der Waals surface area contributed by atoms with Crippen molar-refractivity contribution >= 4 is 33.4 Å². The Morgan fingerprint density at radius 2 is 1.90 bits per heavy atom. The van der Waals surface area contributed by atoms with Crippen LogP contribution >= 0.6 is 15.9 Å². The molecule has 0 unspecified atom stereocenters. The van der Waals surface area contributed by atoms with E-state index in [0.717, 1.165) is 4.47 Å². The van der Waals surface area contributed by atoms with Crippen molar-refractivity contribution in [3.63, 3.8) is 0 Å². The van der Waals surface area contributed by atoms with Gasteiger partial charge < -0.3 is 4.74 Å². The molecule has 3 aliphatic rings. The van der Waals surface area contributed by atoms with Crippen LogP contribution in [0.2, 0.25) is 0 Å². The first-order valence-corrected chi connectivity index (χ1v) is 7.31. The molecule has 0 radical (unpaired) electrons. The molecule has 4 nitrogen and oxygen atoms in total. The normalized spacial score (nSPS) is 37.9. The number of benzene rings is 1. The minimum absolute atomic E-state index is 0.152. The predicted molar refractivity (Wildman–Crippen MR) is 76.0 cm³/mol. The van der Waals surface area contributed by atoms with Crippen molar-refractivity contribution in [1.29, 1.82) is 0 Å². The Hall–Kier alpha value is -1.46. The van der Waals surface area contributed by atoms with E-state index in [1.165, 1.54) is 4.90 Å². The largest absolute Gasteiger partial charge is 0.362 e. The van der Waals surface area contributed by atoms with Crippen LogP contribution in [0.25, 0.3) is 0 Å². The monoisotopic (exact) mass is 333 g/mol. The van der Waals surface area contributed by atoms with Crippen LogP contribution in [-0.4, -0.2) is 23.5 Å². The second kappa shape index (κ2) is 3.80. The fourth-order valence-corrected chi connectivity index (χ4v) is 3.76. The van der Waals surface area contributed by atoms with Gasteiger partial charge in [0.25, 0.3) is 0 Å². The maximum atomic E-state index is 12.7. The molecule has 4 atom stereocenters. The first-order valence-electron chi connectivity index (χ1n) is 6.52. The molecule has 2 fully saturated rings. The third-order valence-corrected chi connectivity index (χ3v) is 4.94. The van der Waals surface area contributed by atoms with E-state index < -0.39 is 11.5 Å². The fraction of sp³-hybridized carbons (Fsp3) is 0.333. The first kappa shape index (κ1) is 12.3. The lowest BCUT2D eigenvalue weighted by Crippen LogP contribution is -2.38. The zero-order valence-electron chi connectivity index (χ0n) is 10.7. The van der Waals surface area contributed by atoms with E-state index in [4.69, 9.17) is 4.74 Å². The highest BCUT2D eigenvalue weighted by Gasteiger charge is 2.65. The van der Waals surface area contributed by atoms with Gasteiger partial charge in [-0.05, 0) is 31.2 Å². The summed E-state index contributed by atoms with van der Waals surface area (Å²) in [6.45, 7) is 1.88. The number of amides is 2. The summed E-state index contributed by atoms with van der Waals surface area (Å²) in [5.41, 5.74) is -0.00719. The average Bonchev–Trinajstić information content (AvgIpc) is 3.01. The van der Waals surface area contributed by atoms with E-state index in [2.05, 4.69) is 15.9 Å². The lowest BCUT2D eigenvalue weighted by atomic mass is 9.78. The second-order valence-electron chi connectivity index (χ2n) is 5.62. The van der Waals surface area contributed by atoms with Crippen LogP contribution in [0.5, 0.6) is 0 Å². The zero-order valence-corrected chi connectivity index (χ0v) is 12.3. The van der Waals surface area contributed by atoms with Gasteiger partial charge >= 0.3 is 0 Å². The third-order valence-electron chi connectivity index (χ3n) is 4.41. The van der Waals surface area contributed by atoms with Gasteiger partial charge in [0, 0.05) is 4.47 Å². The number of ether oxygens (including phenoxy) is 1. The quantitative estimate of drug-likeness (QED) is 0.585. The van der Waals surface area contributed by atoms with E-state index in [0.29, 0.717) is 5.69 Å². The number of anilines is 1. The highest BCUT2D eigenvalue weighted by atomic mass is 79.9. The number of rotatable bonds is 1. The standard InChI is InChI=1S/C15H12BrNO3/c1-15-7-6-10(20-15)11-12(15)14(19)17(13(11)18)9-4-2-8(16)3-5-9/h2-7,10-12H,1H3/t10-,11-,12+,15+/m1/s1. The summed E-state index contributed by atoms with van der Waals surface area (Å²) < 4.78 is 6.70. The van der Waals surface area contributed by atoms with Crippen molar-refractivity contribution in [3.8, 4) is 0 Å². The Bertz CT molecular complexity index is 654. The lowest BCUT2D eigenvalue weighted by molar-refractivity contribution is -0.126. The topological polar surface area (TPSA) is 46.6 Å². The van der Waals surface area contributed by atoms with E-state index in [-0.39, 0.29) is 23.8 Å². The minimum Gasteiger partial charge on any atom is -0.362 e. The molecule has 2 saturated heterocycles. The molecule has 0 saturated carbocycles. The van der Waals surface area contributed by atoms with Crippen molar-refractivity contribution in [3.05, 3.63) is 40.9 Å². The van der Waals surface area contributed by atoms with Gasteiger partial charge in [-0.3, -0.25) is 9.59 Å². The van der Waals surface area contributed by atoms with Gasteiger partial charge in [-0.2, -0.15) is 0 Å². The Kier molecular flexibility index (Phi) is 2.34. The molecule has 2 bridgehead atoms. The number of hydrogen-bond acceptors (Lipinski definition) is 3. The molecular formula is C15H12BrNO3. The molecule has 20 heavy (non-hydrogen) atoms. The van der Waals surface area contributed by atoms with Gasteiger partial charge in [-0.25, -0.2) is 4.90 Å². The van der Waals surface area contributed by atoms with Gasteiger partial charge in [-0.15, -0.1) is 0 Å². The summed E-state index contributed by atoms with van der Waals surface area (Å²) in [5.74, 6) is -1.08. The summed E-state index contributed by atoms with van der Waals surface area (Å²) in [6, 6.07) is 7.21. The summed E-state index contributed by atoms with van der Waals surface area (Å²) in [4.78, 5) is 26.6. The Labute approximate surface area is 124 Å². The van der Waals surface area contributed by atoms with E-state index in [1.807, 2.05) is 31.2 Å². The smallest absolute Gasteiger partial charge is 0.241 e. The predicted octanol–water partition coefficient (Wildman–Crippen LogP) is 2.28. The van der Waals surface area contributed by atoms with E-state index in [9.17, 15) is 9.59 Å². The number of carbonyl (C=O) groups is 2. The van der Waals surface area contributed by atoms with Crippen molar-refractivity contribution < 1.29 is 14.3 Å². The van der Waals surface area contributed by atoms with Crippen molar-refractivity contribution in [2.75, 3.05) is 4.90 Å². The molecule has 1 aromatic rings. The van der Waals surface area contributed by atoms with Crippen molar-refractivity contribution in [1.82, 2.24) is 0 Å². The third kappa shape index (κ3) is 1.39. The Balaban J connectivity index is 1.77. The molecule has 0 aliphatic carbocycles. The van der Waals surface area contributed by atoms with Crippen LogP contribution in [0, 0.1) is 11.8 Å². The molecule has 0 spiro atoms. The molecule has 0 N–H and O–H groups in total. The van der Waals surface area contributed by atoms with Crippen molar-refractivity contribution in [2.45, 2.75) is 18.6 Å². The molecule has 4 rings (SSSR count). The summed E-state index contributed by atoms with van der Waals surface area (Å²) in [7, 11) is 0. The fourth-order valence-electron chi connectivity index (χ4n) is 3.50. The van der Waals surface area contributed by atoms with E-state index >= 15 is 0 Å². The SMILES string of the molecule is C[C@@]12C=C[C@@H](O1)[C@H]1C(=O)N(c3ccc(Br)cc3)C(=O)[C@H]12. The molecule has 2 amide bonds. The molecule has 102 valence electrons. The number of hydrogen-bond donors (Lipinski definition) is 0. The molecule has 0 aromatic heterocycles. The van der Waals surface area contributed by atoms with Gasteiger partial charge in [0.2, 0.25) is 11.8 Å². The van der Waals surface area contributed by atoms with Gasteiger partial charge in [0.1, 0.15) is 0 Å². The average molecular weight is 334 g/mol. The van der Waals surface area contributed by atoms with Crippen LogP contribution in [-0.2, 0) is 14.3 Å². The summed E-state index contributed by atoms with van der Waals surface area (Å²) in [6.07, 6.45) is 3.55. The van der Waals surface area contributed by atoms with Crippen LogP contribution in [0.4, 0.5) is 5.69 Å². The van der Waals surface area contributed by atoms with Crippen LogP contribution in [0.3, 0.4) is 0 Å². The summed E-state index contributed by atoms with van der Waals surface area (Å²) >= 11 is 3.35. The molecule has 3 aliphatic heterocycles. The highest BCUT2D eigenvalue weighted by molar-refractivity contribution is 9.10. The number of carbonyl (C=O) groups excluding carboxylic acids is 2. The second-order valence-corrected chi connectivity index (χ2v) is 6.53. The minimum atomic E-state index is -0.633. The van der Waals surface area contributed by atoms with Crippen molar-refractivity contribution in [2.24, 2.45) is 11.8 Å². The number of imide groups is 1. The molecule has 1 aromatic carbocycles. The number of nitrogens with zero attached hydrogens (tertiary/aromatic N) is 1. The van der Waals surface area contributed by atoms with Crippen LogP contribution < -0.4 is 4.90 Å². The number of halogens is 1. The molecular weight excluding hydrogens is 322 g/mol. The molecule has 3 heterocycles. The van der Waals surface area contributed by atoms with Crippen LogP contribution in [0.1, 0.15) is 6.92 Å². The van der Waals surface area contributed by atoms with Crippen LogP contribution in [0.15, 0.2) is 40.9 Å². The first-order chi connectivity index (χ1) is 9.51. The summed E-state index contributed by atoms with van der Waals surface area (Å²) in [5, 5.41) is 0. The Morgan fingerprint density at radius 1 is 1.20 bits per heavy atom. The maximum absolute atomic E-state index is 12.7. The van der Waals surface area contributed by atoms with Gasteiger partial charge in [0.15, 0.2) is 0 Å². The lowest BCUT2D eigenvalue weighted by Gasteiger charge is -2.24. The van der Waals surface area contributed by atoms with Gasteiger partial charge in [-0.1, -0.05) is 28.1 Å². The Morgan fingerprint density at radius 3 is 2.55 bits per heavy atom. The maximum Gasteiger partial charge on any atom is 0.241 e. The number of fused-ring (bicyclic) bond motifs is 5. The highest BCUT2D eigenvalue weighted by Crippen LogP contribution is 2.52. The zero-order chi connectivity index (χ0) is 14.1.